The highest BCUT2D eigenvalue weighted by Crippen LogP contribution is 2.34. The normalized spacial score (nSPS) is 13.0. The summed E-state index contributed by atoms with van der Waals surface area (Å²) in [6, 6.07) is 15.0. The van der Waals surface area contributed by atoms with Gasteiger partial charge in [-0.3, -0.25) is 4.90 Å². The third kappa shape index (κ3) is 4.57. The largest absolute Gasteiger partial charge is 0.508 e. The highest BCUT2D eigenvalue weighted by atomic mass is 19.1. The van der Waals surface area contributed by atoms with E-state index in [1.807, 2.05) is 30.3 Å². The number of rotatable bonds is 7. The van der Waals surface area contributed by atoms with Crippen LogP contribution < -0.4 is 0 Å². The molecule has 1 atom stereocenters. The van der Waals surface area contributed by atoms with Crippen LogP contribution in [0.2, 0.25) is 0 Å². The van der Waals surface area contributed by atoms with Crippen molar-refractivity contribution in [1.29, 1.82) is 0 Å². The van der Waals surface area contributed by atoms with Gasteiger partial charge in [0, 0.05) is 23.6 Å². The van der Waals surface area contributed by atoms with Crippen molar-refractivity contribution in [3.05, 3.63) is 65.5 Å². The molecule has 0 aliphatic heterocycles. The summed E-state index contributed by atoms with van der Waals surface area (Å²) in [5.74, 6) is 0.111. The van der Waals surface area contributed by atoms with E-state index in [0.29, 0.717) is 17.8 Å². The molecule has 0 spiro atoms. The molecule has 0 heterocycles. The molecule has 0 saturated heterocycles. The molecular formula is C21H28FNO. The minimum Gasteiger partial charge on any atom is -0.508 e. The minimum absolute atomic E-state index is 0.0480. The van der Waals surface area contributed by atoms with E-state index < -0.39 is 0 Å². The van der Waals surface area contributed by atoms with E-state index in [0.717, 1.165) is 24.1 Å². The summed E-state index contributed by atoms with van der Waals surface area (Å²) in [5, 5.41) is 10.3. The SMILES string of the molecule is CC(C)N(CCC(c1ccc(F)cc1)c1ccccc1O)C(C)C. The summed E-state index contributed by atoms with van der Waals surface area (Å²) in [5.41, 5.74) is 1.93. The van der Waals surface area contributed by atoms with Crippen LogP contribution in [0.5, 0.6) is 5.75 Å². The van der Waals surface area contributed by atoms with Gasteiger partial charge in [0.25, 0.3) is 0 Å². The summed E-state index contributed by atoms with van der Waals surface area (Å²) >= 11 is 0. The second kappa shape index (κ2) is 8.29. The first-order valence-corrected chi connectivity index (χ1v) is 8.69. The molecule has 2 nitrogen and oxygen atoms in total. The maximum atomic E-state index is 13.3. The van der Waals surface area contributed by atoms with Crippen molar-refractivity contribution in [2.45, 2.75) is 52.1 Å². The summed E-state index contributed by atoms with van der Waals surface area (Å²) in [6.07, 6.45) is 0.875. The summed E-state index contributed by atoms with van der Waals surface area (Å²) in [7, 11) is 0. The van der Waals surface area contributed by atoms with E-state index in [2.05, 4.69) is 32.6 Å². The van der Waals surface area contributed by atoms with Gasteiger partial charge < -0.3 is 5.11 Å². The molecule has 0 aliphatic carbocycles. The first-order chi connectivity index (χ1) is 11.4. The van der Waals surface area contributed by atoms with Crippen molar-refractivity contribution in [3.63, 3.8) is 0 Å². The molecule has 0 radical (unpaired) electrons. The predicted molar refractivity (Wildman–Crippen MR) is 97.9 cm³/mol. The van der Waals surface area contributed by atoms with Crippen LogP contribution in [0.1, 0.15) is 51.2 Å². The van der Waals surface area contributed by atoms with E-state index in [1.54, 1.807) is 6.07 Å². The van der Waals surface area contributed by atoms with Crippen LogP contribution >= 0.6 is 0 Å². The van der Waals surface area contributed by atoms with E-state index in [4.69, 9.17) is 0 Å². The molecule has 24 heavy (non-hydrogen) atoms. The molecule has 0 aliphatic rings. The van der Waals surface area contributed by atoms with E-state index in [9.17, 15) is 9.50 Å². The van der Waals surface area contributed by atoms with Crippen LogP contribution in [-0.4, -0.2) is 28.6 Å². The number of hydrogen-bond acceptors (Lipinski definition) is 2. The van der Waals surface area contributed by atoms with E-state index in [1.165, 1.54) is 12.1 Å². The molecule has 1 unspecified atom stereocenters. The maximum Gasteiger partial charge on any atom is 0.123 e. The molecule has 130 valence electrons. The van der Waals surface area contributed by atoms with Crippen molar-refractivity contribution in [3.8, 4) is 5.75 Å². The average Bonchev–Trinajstić information content (AvgIpc) is 2.53. The fourth-order valence-corrected chi connectivity index (χ4v) is 3.37. The van der Waals surface area contributed by atoms with E-state index in [-0.39, 0.29) is 11.7 Å². The molecule has 2 rings (SSSR count). The average molecular weight is 329 g/mol. The molecule has 0 saturated carbocycles. The second-order valence-electron chi connectivity index (χ2n) is 6.88. The Morgan fingerprint density at radius 3 is 2.04 bits per heavy atom. The van der Waals surface area contributed by atoms with Gasteiger partial charge >= 0.3 is 0 Å². The lowest BCUT2D eigenvalue weighted by molar-refractivity contribution is 0.170. The Balaban J connectivity index is 2.30. The van der Waals surface area contributed by atoms with Crippen molar-refractivity contribution >= 4 is 0 Å². The monoisotopic (exact) mass is 329 g/mol. The highest BCUT2D eigenvalue weighted by Gasteiger charge is 2.21. The Bertz CT molecular complexity index is 629. The van der Waals surface area contributed by atoms with Gasteiger partial charge in [-0.25, -0.2) is 4.39 Å². The van der Waals surface area contributed by atoms with Crippen LogP contribution in [0.4, 0.5) is 4.39 Å². The second-order valence-corrected chi connectivity index (χ2v) is 6.88. The fraction of sp³-hybridized carbons (Fsp3) is 0.429. The Morgan fingerprint density at radius 1 is 0.917 bits per heavy atom. The van der Waals surface area contributed by atoms with E-state index >= 15 is 0 Å². The number of hydrogen-bond donors (Lipinski definition) is 1. The van der Waals surface area contributed by atoms with Crippen LogP contribution in [0.25, 0.3) is 0 Å². The third-order valence-electron chi connectivity index (χ3n) is 4.59. The zero-order valence-electron chi connectivity index (χ0n) is 15.0. The lowest BCUT2D eigenvalue weighted by atomic mass is 9.87. The molecule has 1 N–H and O–H groups in total. The third-order valence-corrected chi connectivity index (χ3v) is 4.59. The molecule has 0 bridgehead atoms. The topological polar surface area (TPSA) is 23.5 Å². The summed E-state index contributed by atoms with van der Waals surface area (Å²) < 4.78 is 13.3. The van der Waals surface area contributed by atoms with Crippen LogP contribution in [-0.2, 0) is 0 Å². The van der Waals surface area contributed by atoms with Gasteiger partial charge in [0.15, 0.2) is 0 Å². The number of phenols is 1. The molecule has 0 fully saturated rings. The number of nitrogens with zero attached hydrogens (tertiary/aromatic N) is 1. The molecular weight excluding hydrogens is 301 g/mol. The molecule has 0 amide bonds. The molecule has 2 aromatic rings. The smallest absolute Gasteiger partial charge is 0.123 e. The number of aromatic hydroxyl groups is 1. The molecule has 3 heteroatoms. The van der Waals surface area contributed by atoms with Gasteiger partial charge in [0.05, 0.1) is 0 Å². The zero-order valence-corrected chi connectivity index (χ0v) is 15.0. The van der Waals surface area contributed by atoms with Gasteiger partial charge in [-0.05, 0) is 64.4 Å². The number of halogens is 1. The Hall–Kier alpha value is -1.87. The van der Waals surface area contributed by atoms with Gasteiger partial charge in [0.2, 0.25) is 0 Å². The van der Waals surface area contributed by atoms with Crippen molar-refractivity contribution in [2.24, 2.45) is 0 Å². The quantitative estimate of drug-likeness (QED) is 0.757. The number of benzene rings is 2. The van der Waals surface area contributed by atoms with Crippen molar-refractivity contribution in [2.75, 3.05) is 6.54 Å². The van der Waals surface area contributed by atoms with Crippen molar-refractivity contribution < 1.29 is 9.50 Å². The molecule has 2 aromatic carbocycles. The van der Waals surface area contributed by atoms with Gasteiger partial charge in [-0.1, -0.05) is 30.3 Å². The summed E-state index contributed by atoms with van der Waals surface area (Å²) in [4.78, 5) is 2.44. The zero-order chi connectivity index (χ0) is 17.7. The first kappa shape index (κ1) is 18.5. The van der Waals surface area contributed by atoms with Crippen LogP contribution in [0, 0.1) is 5.82 Å². The van der Waals surface area contributed by atoms with Crippen LogP contribution in [0.3, 0.4) is 0 Å². The molecule has 0 aromatic heterocycles. The maximum absolute atomic E-state index is 13.3. The van der Waals surface area contributed by atoms with Crippen LogP contribution in [0.15, 0.2) is 48.5 Å². The standard InChI is InChI=1S/C21H28FNO/c1-15(2)23(16(3)4)14-13-19(17-9-11-18(22)12-10-17)20-7-5-6-8-21(20)24/h5-12,15-16,19,24H,13-14H2,1-4H3. The fourth-order valence-electron chi connectivity index (χ4n) is 3.37. The summed E-state index contributed by atoms with van der Waals surface area (Å²) in [6.45, 7) is 9.73. The predicted octanol–water partition coefficient (Wildman–Crippen LogP) is 5.17. The lowest BCUT2D eigenvalue weighted by Gasteiger charge is -2.32. The van der Waals surface area contributed by atoms with Crippen molar-refractivity contribution in [1.82, 2.24) is 4.90 Å². The minimum atomic E-state index is -0.235. The Kier molecular flexibility index (Phi) is 6.38. The van der Waals surface area contributed by atoms with Gasteiger partial charge in [0.1, 0.15) is 11.6 Å². The lowest BCUT2D eigenvalue weighted by Crippen LogP contribution is -2.38. The van der Waals surface area contributed by atoms with Gasteiger partial charge in [-0.2, -0.15) is 0 Å². The number of phenolic OH excluding ortho intramolecular Hbond substituents is 1. The Morgan fingerprint density at radius 2 is 1.50 bits per heavy atom. The number of para-hydroxylation sites is 1. The van der Waals surface area contributed by atoms with Gasteiger partial charge in [-0.15, -0.1) is 0 Å². The highest BCUT2D eigenvalue weighted by molar-refractivity contribution is 5.41. The Labute approximate surface area is 144 Å². The first-order valence-electron chi connectivity index (χ1n) is 8.69.